The lowest BCUT2D eigenvalue weighted by molar-refractivity contribution is 0.576. The third-order valence-corrected chi connectivity index (χ3v) is 7.77. The van der Waals surface area contributed by atoms with E-state index in [2.05, 4.69) is 34.6 Å². The molecule has 0 bridgehead atoms. The summed E-state index contributed by atoms with van der Waals surface area (Å²) in [4.78, 5) is 0.137. The Hall–Kier alpha value is -1.74. The van der Waals surface area contributed by atoms with Crippen LogP contribution in [0.25, 0.3) is 0 Å². The van der Waals surface area contributed by atoms with Crippen LogP contribution in [0.2, 0.25) is 0 Å². The second kappa shape index (κ2) is 8.32. The molecule has 0 aromatic heterocycles. The molecule has 1 saturated carbocycles. The van der Waals surface area contributed by atoms with Crippen molar-refractivity contribution in [2.75, 3.05) is 6.54 Å². The van der Waals surface area contributed by atoms with Crippen LogP contribution in [0.1, 0.15) is 36.0 Å². The highest BCUT2D eigenvalue weighted by molar-refractivity contribution is 7.90. The van der Waals surface area contributed by atoms with Gasteiger partial charge in [-0.25, -0.2) is 26.3 Å². The molecule has 28 heavy (non-hydrogen) atoms. The van der Waals surface area contributed by atoms with Crippen molar-refractivity contribution in [3.05, 3.63) is 59.2 Å². The predicted octanol–water partition coefficient (Wildman–Crippen LogP) is 2.66. The number of nitrogens with one attached hydrogen (secondary N) is 2. The second-order valence-electron chi connectivity index (χ2n) is 7.30. The molecule has 1 aliphatic carbocycles. The molecule has 0 heterocycles. The van der Waals surface area contributed by atoms with Gasteiger partial charge < -0.3 is 0 Å². The van der Waals surface area contributed by atoms with Gasteiger partial charge in [-0.15, -0.1) is 0 Å². The third-order valence-electron chi connectivity index (χ3n) is 4.76. The Balaban J connectivity index is 1.56. The average molecular weight is 423 g/mol. The molecule has 0 radical (unpaired) electrons. The normalized spacial score (nSPS) is 14.9. The van der Waals surface area contributed by atoms with Crippen molar-refractivity contribution in [2.24, 2.45) is 0 Å². The molecule has 2 N–H and O–H groups in total. The van der Waals surface area contributed by atoms with Gasteiger partial charge in [0.2, 0.25) is 20.0 Å². The molecule has 1 fully saturated rings. The SMILES string of the molecule is Cc1ccc(CCCNS(=O)(=O)c2ccc(S(=O)(=O)NC3CC3)cc2)c(C)c1. The molecule has 0 saturated heterocycles. The van der Waals surface area contributed by atoms with Crippen LogP contribution < -0.4 is 9.44 Å². The van der Waals surface area contributed by atoms with Gasteiger partial charge in [-0.05, 0) is 74.9 Å². The maximum atomic E-state index is 12.4. The van der Waals surface area contributed by atoms with Gasteiger partial charge in [0.25, 0.3) is 0 Å². The summed E-state index contributed by atoms with van der Waals surface area (Å²) in [5.74, 6) is 0. The fourth-order valence-corrected chi connectivity index (χ4v) is 5.36. The third kappa shape index (κ3) is 5.41. The van der Waals surface area contributed by atoms with Crippen LogP contribution >= 0.6 is 0 Å². The van der Waals surface area contributed by atoms with E-state index >= 15 is 0 Å². The van der Waals surface area contributed by atoms with Crippen LogP contribution in [-0.2, 0) is 26.5 Å². The number of rotatable bonds is 9. The molecule has 0 unspecified atom stereocenters. The topological polar surface area (TPSA) is 92.3 Å². The molecule has 0 atom stereocenters. The summed E-state index contributed by atoms with van der Waals surface area (Å²) in [7, 11) is -7.25. The van der Waals surface area contributed by atoms with Crippen molar-refractivity contribution in [1.29, 1.82) is 0 Å². The summed E-state index contributed by atoms with van der Waals surface area (Å²) >= 11 is 0. The second-order valence-corrected chi connectivity index (χ2v) is 10.8. The van der Waals surface area contributed by atoms with Crippen molar-refractivity contribution >= 4 is 20.0 Å². The highest BCUT2D eigenvalue weighted by Gasteiger charge is 2.28. The van der Waals surface area contributed by atoms with E-state index < -0.39 is 20.0 Å². The van der Waals surface area contributed by atoms with Crippen molar-refractivity contribution < 1.29 is 16.8 Å². The molecular formula is C20H26N2O4S2. The molecule has 3 rings (SSSR count). The smallest absolute Gasteiger partial charge is 0.211 e. The standard InChI is InChI=1S/C20H26N2O4S2/c1-15-5-6-17(16(2)14-15)4-3-13-21-27(23,24)19-9-11-20(12-10-19)28(25,26)22-18-7-8-18/h5-6,9-12,14,18,21-22H,3-4,7-8,13H2,1-2H3. The van der Waals surface area contributed by atoms with Gasteiger partial charge in [0.1, 0.15) is 0 Å². The summed E-state index contributed by atoms with van der Waals surface area (Å²) < 4.78 is 54.3. The van der Waals surface area contributed by atoms with Crippen LogP contribution in [0.4, 0.5) is 0 Å². The lowest BCUT2D eigenvalue weighted by atomic mass is 10.0. The maximum Gasteiger partial charge on any atom is 0.240 e. The van der Waals surface area contributed by atoms with E-state index in [-0.39, 0.29) is 15.8 Å². The first-order valence-corrected chi connectivity index (χ1v) is 12.3. The van der Waals surface area contributed by atoms with Crippen LogP contribution in [-0.4, -0.2) is 29.4 Å². The van der Waals surface area contributed by atoms with Crippen molar-refractivity contribution in [2.45, 2.75) is 55.4 Å². The molecule has 0 amide bonds. The lowest BCUT2D eigenvalue weighted by Gasteiger charge is -2.10. The fourth-order valence-electron chi connectivity index (χ4n) is 2.98. The lowest BCUT2D eigenvalue weighted by Crippen LogP contribution is -2.26. The number of sulfonamides is 2. The van der Waals surface area contributed by atoms with Crippen molar-refractivity contribution in [3.63, 3.8) is 0 Å². The zero-order valence-electron chi connectivity index (χ0n) is 16.1. The van der Waals surface area contributed by atoms with E-state index in [1.54, 1.807) is 0 Å². The number of benzene rings is 2. The predicted molar refractivity (Wildman–Crippen MR) is 109 cm³/mol. The first-order chi connectivity index (χ1) is 13.2. The van der Waals surface area contributed by atoms with E-state index in [1.807, 2.05) is 6.92 Å². The molecule has 0 aliphatic heterocycles. The molecule has 2 aromatic rings. The summed E-state index contributed by atoms with van der Waals surface area (Å²) in [6, 6.07) is 11.6. The first kappa shape index (κ1) is 21.0. The first-order valence-electron chi connectivity index (χ1n) is 9.35. The Bertz CT molecular complexity index is 1040. The Morgan fingerprint density at radius 3 is 2.07 bits per heavy atom. The quantitative estimate of drug-likeness (QED) is 0.608. The number of aryl methyl sites for hydroxylation is 3. The molecule has 6 nitrogen and oxygen atoms in total. The van der Waals surface area contributed by atoms with E-state index in [9.17, 15) is 16.8 Å². The maximum absolute atomic E-state index is 12.4. The van der Waals surface area contributed by atoms with E-state index in [4.69, 9.17) is 0 Å². The van der Waals surface area contributed by atoms with Gasteiger partial charge in [0.05, 0.1) is 9.79 Å². The van der Waals surface area contributed by atoms with Gasteiger partial charge in [0.15, 0.2) is 0 Å². The minimum atomic E-state index is -3.67. The van der Waals surface area contributed by atoms with Crippen molar-refractivity contribution in [3.8, 4) is 0 Å². The Morgan fingerprint density at radius 2 is 1.50 bits per heavy atom. The van der Waals surface area contributed by atoms with Crippen LogP contribution in [0.15, 0.2) is 52.3 Å². The number of hydrogen-bond acceptors (Lipinski definition) is 4. The number of hydrogen-bond donors (Lipinski definition) is 2. The highest BCUT2D eigenvalue weighted by atomic mass is 32.2. The summed E-state index contributed by atoms with van der Waals surface area (Å²) in [6.45, 7) is 4.42. The fraction of sp³-hybridized carbons (Fsp3) is 0.400. The van der Waals surface area contributed by atoms with Gasteiger partial charge >= 0.3 is 0 Å². The van der Waals surface area contributed by atoms with Gasteiger partial charge in [0, 0.05) is 12.6 Å². The summed E-state index contributed by atoms with van der Waals surface area (Å²) in [5, 5.41) is 0. The molecule has 1 aliphatic rings. The average Bonchev–Trinajstić information content (AvgIpc) is 3.43. The van der Waals surface area contributed by atoms with E-state index in [0.717, 1.165) is 19.3 Å². The minimum absolute atomic E-state index is 0.00671. The minimum Gasteiger partial charge on any atom is -0.211 e. The van der Waals surface area contributed by atoms with E-state index in [0.29, 0.717) is 13.0 Å². The van der Waals surface area contributed by atoms with E-state index in [1.165, 1.54) is 41.0 Å². The molecule has 8 heteroatoms. The monoisotopic (exact) mass is 422 g/mol. The van der Waals surface area contributed by atoms with Gasteiger partial charge in [-0.3, -0.25) is 0 Å². The molecule has 2 aromatic carbocycles. The zero-order valence-corrected chi connectivity index (χ0v) is 17.7. The summed E-state index contributed by atoms with van der Waals surface area (Å²) in [5.41, 5.74) is 3.63. The van der Waals surface area contributed by atoms with Crippen LogP contribution in [0.5, 0.6) is 0 Å². The van der Waals surface area contributed by atoms with Crippen molar-refractivity contribution in [1.82, 2.24) is 9.44 Å². The highest BCUT2D eigenvalue weighted by Crippen LogP contribution is 2.22. The molecule has 0 spiro atoms. The Kier molecular flexibility index (Phi) is 6.24. The Labute approximate surface area is 167 Å². The Morgan fingerprint density at radius 1 is 0.893 bits per heavy atom. The van der Waals surface area contributed by atoms with Crippen LogP contribution in [0.3, 0.4) is 0 Å². The molecular weight excluding hydrogens is 396 g/mol. The zero-order chi connectivity index (χ0) is 20.4. The summed E-state index contributed by atoms with van der Waals surface area (Å²) in [6.07, 6.45) is 3.16. The van der Waals surface area contributed by atoms with Gasteiger partial charge in [-0.1, -0.05) is 23.8 Å². The van der Waals surface area contributed by atoms with Gasteiger partial charge in [-0.2, -0.15) is 0 Å². The molecule has 152 valence electrons. The largest absolute Gasteiger partial charge is 0.240 e. The van der Waals surface area contributed by atoms with Crippen LogP contribution in [0, 0.1) is 13.8 Å².